The molecule has 0 spiro atoms. The molecule has 0 bridgehead atoms. The molecule has 0 fully saturated rings. The smallest absolute Gasteiger partial charge is 0.152 e. The quantitative estimate of drug-likeness (QED) is 0.622. The predicted octanol–water partition coefficient (Wildman–Crippen LogP) is 2.19. The Morgan fingerprint density at radius 1 is 1.23 bits per heavy atom. The molecule has 0 saturated carbocycles. The maximum absolute atomic E-state index is 13.1. The van der Waals surface area contributed by atoms with Crippen molar-refractivity contribution in [3.63, 3.8) is 0 Å². The number of benzene rings is 1. The van der Waals surface area contributed by atoms with Crippen LogP contribution in [0.2, 0.25) is 0 Å². The van der Waals surface area contributed by atoms with Gasteiger partial charge in [0, 0.05) is 23.3 Å². The molecule has 1 aromatic heterocycles. The van der Waals surface area contributed by atoms with E-state index >= 15 is 0 Å². The lowest BCUT2D eigenvalue weighted by Gasteiger charge is -1.99. The second-order valence-electron chi connectivity index (χ2n) is 2.68. The van der Waals surface area contributed by atoms with E-state index in [1.807, 2.05) is 0 Å². The van der Waals surface area contributed by atoms with Gasteiger partial charge in [0.05, 0.1) is 0 Å². The molecule has 0 aliphatic rings. The Morgan fingerprint density at radius 2 is 2.08 bits per heavy atom. The molecule has 2 rings (SSSR count). The standard InChI is InChI=1S/C10H6FNO/c11-10-3-1-2-8-7(6-13)4-12-5-9(8)10/h1-6H. The predicted molar refractivity (Wildman–Crippen MR) is 47.1 cm³/mol. The fraction of sp³-hybridized carbons (Fsp3) is 0. The number of rotatable bonds is 1. The van der Waals surface area contributed by atoms with Gasteiger partial charge >= 0.3 is 0 Å². The van der Waals surface area contributed by atoms with Gasteiger partial charge in [-0.3, -0.25) is 9.78 Å². The molecule has 0 unspecified atom stereocenters. The van der Waals surface area contributed by atoms with Crippen LogP contribution in [0.3, 0.4) is 0 Å². The Kier molecular flexibility index (Phi) is 1.77. The average Bonchev–Trinajstić information content (AvgIpc) is 2.18. The number of hydrogen-bond donors (Lipinski definition) is 0. The van der Waals surface area contributed by atoms with E-state index in [1.54, 1.807) is 12.1 Å². The van der Waals surface area contributed by atoms with E-state index in [-0.39, 0.29) is 5.82 Å². The molecule has 0 aliphatic carbocycles. The van der Waals surface area contributed by atoms with Crippen molar-refractivity contribution in [3.05, 3.63) is 42.0 Å². The van der Waals surface area contributed by atoms with Gasteiger partial charge in [0.15, 0.2) is 6.29 Å². The maximum atomic E-state index is 13.1. The summed E-state index contributed by atoms with van der Waals surface area (Å²) in [4.78, 5) is 14.3. The third kappa shape index (κ3) is 1.18. The summed E-state index contributed by atoms with van der Waals surface area (Å²) in [7, 11) is 0. The van der Waals surface area contributed by atoms with Crippen LogP contribution in [-0.4, -0.2) is 11.3 Å². The molecule has 0 radical (unpaired) electrons. The topological polar surface area (TPSA) is 30.0 Å². The Morgan fingerprint density at radius 3 is 2.85 bits per heavy atom. The molecule has 13 heavy (non-hydrogen) atoms. The zero-order chi connectivity index (χ0) is 9.26. The molecular formula is C10H6FNO. The number of aldehydes is 1. The highest BCUT2D eigenvalue weighted by atomic mass is 19.1. The van der Waals surface area contributed by atoms with Crippen LogP contribution in [0.5, 0.6) is 0 Å². The minimum Gasteiger partial charge on any atom is -0.298 e. The third-order valence-corrected chi connectivity index (χ3v) is 1.91. The summed E-state index contributed by atoms with van der Waals surface area (Å²) in [6.45, 7) is 0. The summed E-state index contributed by atoms with van der Waals surface area (Å²) in [5.74, 6) is -0.353. The van der Waals surface area contributed by atoms with Gasteiger partial charge in [0.25, 0.3) is 0 Å². The second-order valence-corrected chi connectivity index (χ2v) is 2.68. The number of nitrogens with zero attached hydrogens (tertiary/aromatic N) is 1. The molecule has 2 nitrogen and oxygen atoms in total. The minimum absolute atomic E-state index is 0.353. The van der Waals surface area contributed by atoms with E-state index in [2.05, 4.69) is 4.98 Å². The molecule has 3 heteroatoms. The van der Waals surface area contributed by atoms with Crippen molar-refractivity contribution in [3.8, 4) is 0 Å². The fourth-order valence-corrected chi connectivity index (χ4v) is 1.28. The van der Waals surface area contributed by atoms with Gasteiger partial charge in [-0.15, -0.1) is 0 Å². The average molecular weight is 175 g/mol. The zero-order valence-electron chi connectivity index (χ0n) is 6.70. The maximum Gasteiger partial charge on any atom is 0.152 e. The number of carbonyl (C=O) groups is 1. The van der Waals surface area contributed by atoms with E-state index in [0.717, 1.165) is 0 Å². The van der Waals surface area contributed by atoms with Gasteiger partial charge in [0.1, 0.15) is 5.82 Å². The lowest BCUT2D eigenvalue weighted by molar-refractivity contribution is 0.112. The number of hydrogen-bond acceptors (Lipinski definition) is 2. The fourth-order valence-electron chi connectivity index (χ4n) is 1.28. The monoisotopic (exact) mass is 175 g/mol. The van der Waals surface area contributed by atoms with Gasteiger partial charge in [0.2, 0.25) is 0 Å². The number of fused-ring (bicyclic) bond motifs is 1. The molecule has 0 aliphatic heterocycles. The van der Waals surface area contributed by atoms with Crippen molar-refractivity contribution in [2.24, 2.45) is 0 Å². The van der Waals surface area contributed by atoms with E-state index in [1.165, 1.54) is 18.5 Å². The summed E-state index contributed by atoms with van der Waals surface area (Å²) >= 11 is 0. The summed E-state index contributed by atoms with van der Waals surface area (Å²) < 4.78 is 13.1. The number of carbonyl (C=O) groups excluding carboxylic acids is 1. The molecule has 0 N–H and O–H groups in total. The first-order valence-corrected chi connectivity index (χ1v) is 3.80. The molecule has 0 amide bonds. The number of pyridine rings is 1. The molecule has 1 aromatic carbocycles. The lowest BCUT2D eigenvalue weighted by Crippen LogP contribution is -1.87. The van der Waals surface area contributed by atoms with Gasteiger partial charge in [-0.1, -0.05) is 12.1 Å². The molecule has 2 aromatic rings. The largest absolute Gasteiger partial charge is 0.298 e. The highest BCUT2D eigenvalue weighted by Gasteiger charge is 2.03. The summed E-state index contributed by atoms with van der Waals surface area (Å²) in [5, 5.41) is 0.983. The molecular weight excluding hydrogens is 169 g/mol. The molecule has 0 atom stereocenters. The van der Waals surface area contributed by atoms with E-state index in [4.69, 9.17) is 0 Å². The normalized spacial score (nSPS) is 10.2. The van der Waals surface area contributed by atoms with Crippen LogP contribution in [-0.2, 0) is 0 Å². The summed E-state index contributed by atoms with van der Waals surface area (Å²) in [6, 6.07) is 4.62. The van der Waals surface area contributed by atoms with Crippen molar-refractivity contribution in [1.82, 2.24) is 4.98 Å². The SMILES string of the molecule is O=Cc1cncc2c(F)cccc12. The number of halogens is 1. The summed E-state index contributed by atoms with van der Waals surface area (Å²) in [5.41, 5.74) is 0.414. The van der Waals surface area contributed by atoms with Crippen molar-refractivity contribution >= 4 is 17.1 Å². The molecule has 64 valence electrons. The van der Waals surface area contributed by atoms with Crippen LogP contribution in [0, 0.1) is 5.82 Å². The zero-order valence-corrected chi connectivity index (χ0v) is 6.70. The highest BCUT2D eigenvalue weighted by molar-refractivity contribution is 5.97. The van der Waals surface area contributed by atoms with Crippen LogP contribution in [0.15, 0.2) is 30.6 Å². The molecule has 0 saturated heterocycles. The second kappa shape index (κ2) is 2.94. The highest BCUT2D eigenvalue weighted by Crippen LogP contribution is 2.18. The van der Waals surface area contributed by atoms with Crippen molar-refractivity contribution < 1.29 is 9.18 Å². The van der Waals surface area contributed by atoms with Gasteiger partial charge in [-0.2, -0.15) is 0 Å². The van der Waals surface area contributed by atoms with Crippen LogP contribution in [0.4, 0.5) is 4.39 Å². The van der Waals surface area contributed by atoms with Gasteiger partial charge in [-0.05, 0) is 11.5 Å². The minimum atomic E-state index is -0.353. The number of aromatic nitrogens is 1. The third-order valence-electron chi connectivity index (χ3n) is 1.91. The first-order valence-electron chi connectivity index (χ1n) is 3.80. The molecule has 1 heterocycles. The van der Waals surface area contributed by atoms with E-state index in [9.17, 15) is 9.18 Å². The first-order chi connectivity index (χ1) is 6.33. The Bertz CT molecular complexity index is 467. The summed E-state index contributed by atoms with van der Waals surface area (Å²) in [6.07, 6.45) is 3.52. The van der Waals surface area contributed by atoms with Crippen molar-refractivity contribution in [1.29, 1.82) is 0 Å². The Hall–Kier alpha value is -1.77. The van der Waals surface area contributed by atoms with Gasteiger partial charge in [-0.25, -0.2) is 4.39 Å². The Labute approximate surface area is 74.0 Å². The van der Waals surface area contributed by atoms with Crippen molar-refractivity contribution in [2.45, 2.75) is 0 Å². The van der Waals surface area contributed by atoms with E-state index < -0.39 is 0 Å². The van der Waals surface area contributed by atoms with Crippen LogP contribution >= 0.6 is 0 Å². The lowest BCUT2D eigenvalue weighted by atomic mass is 10.1. The van der Waals surface area contributed by atoms with Gasteiger partial charge < -0.3 is 0 Å². The van der Waals surface area contributed by atoms with Crippen molar-refractivity contribution in [2.75, 3.05) is 0 Å². The van der Waals surface area contributed by atoms with Crippen LogP contribution in [0.1, 0.15) is 10.4 Å². The first kappa shape index (κ1) is 7.86. The van der Waals surface area contributed by atoms with E-state index in [0.29, 0.717) is 22.6 Å². The Balaban J connectivity index is 2.92. The van der Waals surface area contributed by atoms with Crippen LogP contribution < -0.4 is 0 Å². The van der Waals surface area contributed by atoms with Crippen LogP contribution in [0.25, 0.3) is 10.8 Å².